The summed E-state index contributed by atoms with van der Waals surface area (Å²) in [6, 6.07) is 6.17. The molecule has 0 saturated carbocycles. The van der Waals surface area contributed by atoms with E-state index < -0.39 is 6.09 Å². The molecule has 0 bridgehead atoms. The molecule has 0 spiro atoms. The lowest BCUT2D eigenvalue weighted by Crippen LogP contribution is -2.34. The van der Waals surface area contributed by atoms with Crippen LogP contribution in [-0.4, -0.2) is 22.6 Å². The van der Waals surface area contributed by atoms with Crippen LogP contribution in [0.4, 0.5) is 4.79 Å². The van der Waals surface area contributed by atoms with Gasteiger partial charge in [0, 0.05) is 16.7 Å². The number of benzene rings is 1. The maximum Gasteiger partial charge on any atom is 0.407 e. The highest BCUT2D eigenvalue weighted by Crippen LogP contribution is 2.20. The molecule has 74 valence electrons. The minimum atomic E-state index is -0.825. The van der Waals surface area contributed by atoms with Crippen molar-refractivity contribution in [3.63, 3.8) is 0 Å². The standard InChI is InChI=1S/C10H10INO2/c11-9-2-1-8-6-12(10(13)14)4-3-7(8)5-9/h1-2,5H,3-4,6H2,(H,13,14). The number of rotatable bonds is 0. The quantitative estimate of drug-likeness (QED) is 0.747. The first-order chi connectivity index (χ1) is 6.66. The minimum Gasteiger partial charge on any atom is -0.465 e. The van der Waals surface area contributed by atoms with Crippen LogP contribution in [0.3, 0.4) is 0 Å². The number of hydrogen-bond donors (Lipinski definition) is 1. The minimum absolute atomic E-state index is 0.529. The summed E-state index contributed by atoms with van der Waals surface area (Å²) in [4.78, 5) is 12.2. The molecule has 1 aliphatic heterocycles. The summed E-state index contributed by atoms with van der Waals surface area (Å²) < 4.78 is 1.21. The Balaban J connectivity index is 2.27. The topological polar surface area (TPSA) is 40.5 Å². The van der Waals surface area contributed by atoms with Gasteiger partial charge in [-0.05, 0) is 52.3 Å². The van der Waals surface area contributed by atoms with Gasteiger partial charge in [-0.15, -0.1) is 0 Å². The van der Waals surface area contributed by atoms with E-state index in [2.05, 4.69) is 28.7 Å². The van der Waals surface area contributed by atoms with Gasteiger partial charge in [0.25, 0.3) is 0 Å². The molecule has 1 aromatic rings. The average molecular weight is 303 g/mol. The Kier molecular flexibility index (Phi) is 2.62. The van der Waals surface area contributed by atoms with Crippen LogP contribution in [0.5, 0.6) is 0 Å². The van der Waals surface area contributed by atoms with Crippen LogP contribution in [0, 0.1) is 3.57 Å². The lowest BCUT2D eigenvalue weighted by molar-refractivity contribution is 0.140. The van der Waals surface area contributed by atoms with Crippen LogP contribution in [-0.2, 0) is 13.0 Å². The molecule has 1 N–H and O–H groups in total. The van der Waals surface area contributed by atoms with Crippen LogP contribution in [0.25, 0.3) is 0 Å². The Bertz CT molecular complexity index is 378. The number of amides is 1. The van der Waals surface area contributed by atoms with E-state index in [9.17, 15) is 4.79 Å². The van der Waals surface area contributed by atoms with Crippen molar-refractivity contribution < 1.29 is 9.90 Å². The number of halogens is 1. The van der Waals surface area contributed by atoms with E-state index in [0.29, 0.717) is 13.1 Å². The van der Waals surface area contributed by atoms with Gasteiger partial charge in [-0.1, -0.05) is 6.07 Å². The van der Waals surface area contributed by atoms with Gasteiger partial charge in [-0.3, -0.25) is 0 Å². The summed E-state index contributed by atoms with van der Waals surface area (Å²) in [7, 11) is 0. The van der Waals surface area contributed by atoms with Crippen LogP contribution < -0.4 is 0 Å². The molecular formula is C10H10INO2. The fourth-order valence-corrected chi connectivity index (χ4v) is 2.24. The van der Waals surface area contributed by atoms with Gasteiger partial charge in [-0.25, -0.2) is 4.79 Å². The highest BCUT2D eigenvalue weighted by Gasteiger charge is 2.19. The monoisotopic (exact) mass is 303 g/mol. The summed E-state index contributed by atoms with van der Waals surface area (Å²) in [5.41, 5.74) is 2.42. The molecule has 0 saturated heterocycles. The fraction of sp³-hybridized carbons (Fsp3) is 0.300. The lowest BCUT2D eigenvalue weighted by Gasteiger charge is -2.26. The number of fused-ring (bicyclic) bond motifs is 1. The Morgan fingerprint density at radius 1 is 1.43 bits per heavy atom. The number of hydrogen-bond acceptors (Lipinski definition) is 1. The third-order valence-electron chi connectivity index (χ3n) is 2.45. The molecule has 0 fully saturated rings. The molecule has 3 nitrogen and oxygen atoms in total. The highest BCUT2D eigenvalue weighted by atomic mass is 127. The van der Waals surface area contributed by atoms with Crippen LogP contribution >= 0.6 is 22.6 Å². The third-order valence-corrected chi connectivity index (χ3v) is 3.12. The zero-order valence-corrected chi connectivity index (χ0v) is 9.69. The van der Waals surface area contributed by atoms with Crippen molar-refractivity contribution in [2.75, 3.05) is 6.54 Å². The lowest BCUT2D eigenvalue weighted by atomic mass is 10.0. The van der Waals surface area contributed by atoms with Crippen molar-refractivity contribution in [3.8, 4) is 0 Å². The number of carbonyl (C=O) groups is 1. The van der Waals surface area contributed by atoms with Gasteiger partial charge < -0.3 is 10.0 Å². The van der Waals surface area contributed by atoms with E-state index >= 15 is 0 Å². The van der Waals surface area contributed by atoms with Crippen molar-refractivity contribution in [2.24, 2.45) is 0 Å². The molecular weight excluding hydrogens is 293 g/mol. The molecule has 4 heteroatoms. The summed E-state index contributed by atoms with van der Waals surface area (Å²) in [5, 5.41) is 8.84. The highest BCUT2D eigenvalue weighted by molar-refractivity contribution is 14.1. The fourth-order valence-electron chi connectivity index (χ4n) is 1.68. The van der Waals surface area contributed by atoms with Gasteiger partial charge in [-0.2, -0.15) is 0 Å². The van der Waals surface area contributed by atoms with Crippen LogP contribution in [0.1, 0.15) is 11.1 Å². The zero-order chi connectivity index (χ0) is 10.1. The van der Waals surface area contributed by atoms with E-state index in [1.54, 1.807) is 0 Å². The van der Waals surface area contributed by atoms with Crippen molar-refractivity contribution in [1.82, 2.24) is 4.90 Å². The van der Waals surface area contributed by atoms with E-state index in [-0.39, 0.29) is 0 Å². The Labute approximate surface area is 95.9 Å². The molecule has 1 aromatic carbocycles. The Morgan fingerprint density at radius 2 is 2.21 bits per heavy atom. The second kappa shape index (κ2) is 3.76. The Morgan fingerprint density at radius 3 is 2.93 bits per heavy atom. The SMILES string of the molecule is O=C(O)N1CCc2cc(I)ccc2C1. The largest absolute Gasteiger partial charge is 0.465 e. The van der Waals surface area contributed by atoms with Crippen molar-refractivity contribution >= 4 is 28.7 Å². The molecule has 1 amide bonds. The maximum atomic E-state index is 10.8. The van der Waals surface area contributed by atoms with Gasteiger partial charge >= 0.3 is 6.09 Å². The van der Waals surface area contributed by atoms with Crippen molar-refractivity contribution in [2.45, 2.75) is 13.0 Å². The summed E-state index contributed by atoms with van der Waals surface area (Å²) in [5.74, 6) is 0. The zero-order valence-electron chi connectivity index (χ0n) is 7.53. The molecule has 2 rings (SSSR count). The third kappa shape index (κ3) is 1.84. The molecule has 1 heterocycles. The summed E-state index contributed by atoms with van der Waals surface area (Å²) in [6.45, 7) is 1.14. The van der Waals surface area contributed by atoms with Gasteiger partial charge in [0.2, 0.25) is 0 Å². The Hall–Kier alpha value is -0.780. The van der Waals surface area contributed by atoms with Gasteiger partial charge in [0.1, 0.15) is 0 Å². The van der Waals surface area contributed by atoms with E-state index in [1.807, 2.05) is 12.1 Å². The van der Waals surface area contributed by atoms with Crippen molar-refractivity contribution in [1.29, 1.82) is 0 Å². The molecule has 0 radical (unpaired) electrons. The molecule has 1 aliphatic rings. The van der Waals surface area contributed by atoms with Crippen LogP contribution in [0.15, 0.2) is 18.2 Å². The van der Waals surface area contributed by atoms with Crippen LogP contribution in [0.2, 0.25) is 0 Å². The van der Waals surface area contributed by atoms with E-state index in [4.69, 9.17) is 5.11 Å². The van der Waals surface area contributed by atoms with E-state index in [0.717, 1.165) is 12.0 Å². The van der Waals surface area contributed by atoms with Gasteiger partial charge in [0.05, 0.1) is 0 Å². The molecule has 0 aliphatic carbocycles. The predicted molar refractivity (Wildman–Crippen MR) is 61.3 cm³/mol. The molecule has 0 unspecified atom stereocenters. The maximum absolute atomic E-state index is 10.8. The first kappa shape index (κ1) is 9.76. The average Bonchev–Trinajstić information content (AvgIpc) is 2.16. The van der Waals surface area contributed by atoms with Gasteiger partial charge in [0.15, 0.2) is 0 Å². The predicted octanol–water partition coefficient (Wildman–Crippen LogP) is 2.33. The molecule has 0 aromatic heterocycles. The second-order valence-corrected chi connectivity index (χ2v) is 4.61. The normalized spacial score (nSPS) is 15.1. The van der Waals surface area contributed by atoms with E-state index in [1.165, 1.54) is 14.0 Å². The summed E-state index contributed by atoms with van der Waals surface area (Å²) in [6.07, 6.45) is 0.00701. The summed E-state index contributed by atoms with van der Waals surface area (Å²) >= 11 is 2.27. The first-order valence-corrected chi connectivity index (χ1v) is 5.50. The second-order valence-electron chi connectivity index (χ2n) is 3.37. The first-order valence-electron chi connectivity index (χ1n) is 4.42. The molecule has 14 heavy (non-hydrogen) atoms. The van der Waals surface area contributed by atoms with Crippen molar-refractivity contribution in [3.05, 3.63) is 32.9 Å². The smallest absolute Gasteiger partial charge is 0.407 e. The number of nitrogens with zero attached hydrogens (tertiary/aromatic N) is 1. The molecule has 0 atom stereocenters. The number of carboxylic acid groups (broad SMARTS) is 1.